The van der Waals surface area contributed by atoms with Crippen molar-refractivity contribution in [3.63, 3.8) is 0 Å². The Kier molecular flexibility index (Phi) is 2.13. The number of nitrogens with one attached hydrogen (secondary N) is 1. The molecular weight excluding hydrogens is 138 g/mol. The van der Waals surface area contributed by atoms with Crippen molar-refractivity contribution >= 4 is 0 Å². The second-order valence-electron chi connectivity index (χ2n) is 3.27. The first kappa shape index (κ1) is 7.17. The highest BCUT2D eigenvalue weighted by atomic mass is 16.5. The first-order chi connectivity index (χ1) is 5.47. The molecule has 0 aromatic carbocycles. The van der Waals surface area contributed by atoms with Gasteiger partial charge in [0, 0.05) is 12.3 Å². The molecule has 0 spiro atoms. The Morgan fingerprint density at radius 1 is 1.36 bits per heavy atom. The van der Waals surface area contributed by atoms with Crippen LogP contribution in [0.1, 0.15) is 19.3 Å². The zero-order valence-electron chi connectivity index (χ0n) is 6.81. The smallest absolute Gasteiger partial charge is 0.0953 e. The van der Waals surface area contributed by atoms with E-state index in [1.165, 1.54) is 18.6 Å². The second-order valence-corrected chi connectivity index (χ2v) is 3.27. The Labute approximate surface area is 67.6 Å². The van der Waals surface area contributed by atoms with E-state index < -0.39 is 0 Å². The summed E-state index contributed by atoms with van der Waals surface area (Å²) in [6.07, 6.45) is 5.90. The molecule has 1 fully saturated rings. The summed E-state index contributed by atoms with van der Waals surface area (Å²) in [6.45, 7) is 3.23. The van der Waals surface area contributed by atoms with Gasteiger partial charge in [0.2, 0.25) is 0 Å². The normalized spacial score (nSPS) is 26.4. The molecule has 1 N–H and O–H groups in total. The number of hydrogen-bond acceptors (Lipinski definition) is 2. The van der Waals surface area contributed by atoms with Gasteiger partial charge in [-0.05, 0) is 32.0 Å². The fraction of sp³-hybridized carbons (Fsp3) is 0.778. The predicted octanol–water partition coefficient (Wildman–Crippen LogP) is 1.29. The van der Waals surface area contributed by atoms with E-state index in [0.717, 1.165) is 32.0 Å². The maximum atomic E-state index is 5.53. The topological polar surface area (TPSA) is 21.3 Å². The van der Waals surface area contributed by atoms with Crippen molar-refractivity contribution in [1.29, 1.82) is 0 Å². The molecule has 0 aromatic rings. The second kappa shape index (κ2) is 3.26. The van der Waals surface area contributed by atoms with E-state index in [-0.39, 0.29) is 0 Å². The quantitative estimate of drug-likeness (QED) is 0.613. The fourth-order valence-electron chi connectivity index (χ4n) is 1.83. The van der Waals surface area contributed by atoms with Crippen LogP contribution in [0.3, 0.4) is 0 Å². The van der Waals surface area contributed by atoms with Gasteiger partial charge in [-0.2, -0.15) is 0 Å². The average molecular weight is 153 g/mol. The lowest BCUT2D eigenvalue weighted by Crippen LogP contribution is -2.28. The van der Waals surface area contributed by atoms with E-state index in [9.17, 15) is 0 Å². The summed E-state index contributed by atoms with van der Waals surface area (Å²) in [5.41, 5.74) is 0. The Balaban J connectivity index is 1.92. The van der Waals surface area contributed by atoms with Gasteiger partial charge in [-0.15, -0.1) is 0 Å². The molecule has 0 aromatic heterocycles. The molecule has 11 heavy (non-hydrogen) atoms. The molecule has 0 saturated carbocycles. The van der Waals surface area contributed by atoms with Gasteiger partial charge in [0.25, 0.3) is 0 Å². The van der Waals surface area contributed by atoms with Crippen LogP contribution in [0, 0.1) is 5.92 Å². The molecule has 2 nitrogen and oxygen atoms in total. The lowest BCUT2D eigenvalue weighted by molar-refractivity contribution is 0.190. The first-order valence-electron chi connectivity index (χ1n) is 4.50. The molecule has 0 radical (unpaired) electrons. The maximum absolute atomic E-state index is 5.53. The van der Waals surface area contributed by atoms with Gasteiger partial charge in [0.05, 0.1) is 12.4 Å². The molecule has 2 aliphatic rings. The number of hydrogen-bond donors (Lipinski definition) is 1. The van der Waals surface area contributed by atoms with Crippen molar-refractivity contribution in [2.75, 3.05) is 19.7 Å². The zero-order chi connectivity index (χ0) is 7.52. The van der Waals surface area contributed by atoms with Crippen molar-refractivity contribution in [3.8, 4) is 0 Å². The van der Waals surface area contributed by atoms with E-state index in [2.05, 4.69) is 11.4 Å². The van der Waals surface area contributed by atoms with Crippen LogP contribution in [0.2, 0.25) is 0 Å². The van der Waals surface area contributed by atoms with E-state index in [1.54, 1.807) is 0 Å². The molecule has 0 amide bonds. The van der Waals surface area contributed by atoms with Crippen LogP contribution in [0.4, 0.5) is 0 Å². The Morgan fingerprint density at radius 2 is 2.18 bits per heavy atom. The molecule has 2 rings (SSSR count). The molecule has 62 valence electrons. The molecule has 0 atom stereocenters. The number of piperidine rings is 1. The lowest BCUT2D eigenvalue weighted by atomic mass is 9.96. The fourth-order valence-corrected chi connectivity index (χ4v) is 1.83. The SMILES string of the molecule is C1=C(C2CCNCC2)OCC1. The monoisotopic (exact) mass is 153 g/mol. The molecular formula is C9H15NO. The molecule has 0 bridgehead atoms. The van der Waals surface area contributed by atoms with Crippen molar-refractivity contribution in [1.82, 2.24) is 5.32 Å². The first-order valence-corrected chi connectivity index (χ1v) is 4.50. The Morgan fingerprint density at radius 3 is 2.82 bits per heavy atom. The molecule has 0 aliphatic carbocycles. The minimum absolute atomic E-state index is 0.721. The van der Waals surface area contributed by atoms with Gasteiger partial charge in [-0.25, -0.2) is 0 Å². The zero-order valence-corrected chi connectivity index (χ0v) is 6.81. The van der Waals surface area contributed by atoms with Gasteiger partial charge in [-0.3, -0.25) is 0 Å². The van der Waals surface area contributed by atoms with Crippen LogP contribution in [-0.4, -0.2) is 19.7 Å². The summed E-state index contributed by atoms with van der Waals surface area (Å²) < 4.78 is 5.53. The number of allylic oxidation sites excluding steroid dienone is 1. The summed E-state index contributed by atoms with van der Waals surface area (Å²) in [4.78, 5) is 0. The molecule has 1 saturated heterocycles. The summed E-state index contributed by atoms with van der Waals surface area (Å²) in [7, 11) is 0. The maximum Gasteiger partial charge on any atom is 0.0953 e. The highest BCUT2D eigenvalue weighted by Crippen LogP contribution is 2.25. The number of rotatable bonds is 1. The lowest BCUT2D eigenvalue weighted by Gasteiger charge is -2.22. The van der Waals surface area contributed by atoms with Crippen molar-refractivity contribution < 1.29 is 4.74 Å². The Bertz CT molecular complexity index is 159. The highest BCUT2D eigenvalue weighted by Gasteiger charge is 2.20. The molecule has 2 heterocycles. The van der Waals surface area contributed by atoms with E-state index >= 15 is 0 Å². The van der Waals surface area contributed by atoms with Crippen molar-refractivity contribution in [2.45, 2.75) is 19.3 Å². The minimum atomic E-state index is 0.721. The molecule has 2 aliphatic heterocycles. The third kappa shape index (κ3) is 1.56. The van der Waals surface area contributed by atoms with Crippen LogP contribution < -0.4 is 5.32 Å². The average Bonchev–Trinajstić information content (AvgIpc) is 2.58. The van der Waals surface area contributed by atoms with Gasteiger partial charge >= 0.3 is 0 Å². The van der Waals surface area contributed by atoms with E-state index in [4.69, 9.17) is 4.74 Å². The van der Waals surface area contributed by atoms with Gasteiger partial charge in [0.1, 0.15) is 0 Å². The van der Waals surface area contributed by atoms with E-state index in [1.807, 2.05) is 0 Å². The predicted molar refractivity (Wildman–Crippen MR) is 44.2 cm³/mol. The van der Waals surface area contributed by atoms with Crippen LogP contribution in [0.5, 0.6) is 0 Å². The third-order valence-corrected chi connectivity index (χ3v) is 2.47. The third-order valence-electron chi connectivity index (χ3n) is 2.47. The molecule has 2 heteroatoms. The number of ether oxygens (including phenoxy) is 1. The summed E-state index contributed by atoms with van der Waals surface area (Å²) in [6, 6.07) is 0. The van der Waals surface area contributed by atoms with Crippen molar-refractivity contribution in [2.24, 2.45) is 5.92 Å². The minimum Gasteiger partial charge on any atom is -0.498 e. The largest absolute Gasteiger partial charge is 0.498 e. The molecule has 0 unspecified atom stereocenters. The van der Waals surface area contributed by atoms with Crippen LogP contribution >= 0.6 is 0 Å². The Hall–Kier alpha value is -0.500. The van der Waals surface area contributed by atoms with Crippen LogP contribution in [0.25, 0.3) is 0 Å². The summed E-state index contributed by atoms with van der Waals surface area (Å²) >= 11 is 0. The summed E-state index contributed by atoms with van der Waals surface area (Å²) in [5, 5.41) is 3.36. The van der Waals surface area contributed by atoms with E-state index in [0.29, 0.717) is 0 Å². The van der Waals surface area contributed by atoms with Crippen molar-refractivity contribution in [3.05, 3.63) is 11.8 Å². The standard InChI is InChI=1S/C9H15NO/c1-2-9(11-7-1)8-3-5-10-6-4-8/h2,8,10H,1,3-7H2. The van der Waals surface area contributed by atoms with Crippen LogP contribution in [0.15, 0.2) is 11.8 Å². The van der Waals surface area contributed by atoms with Gasteiger partial charge < -0.3 is 10.1 Å². The van der Waals surface area contributed by atoms with Gasteiger partial charge in [0.15, 0.2) is 0 Å². The van der Waals surface area contributed by atoms with Crippen LogP contribution in [-0.2, 0) is 4.74 Å². The van der Waals surface area contributed by atoms with Gasteiger partial charge in [-0.1, -0.05) is 0 Å². The summed E-state index contributed by atoms with van der Waals surface area (Å²) in [5.74, 6) is 1.99. The highest BCUT2D eigenvalue weighted by molar-refractivity contribution is 5.04.